The lowest BCUT2D eigenvalue weighted by Gasteiger charge is -2.05. The Hall–Kier alpha value is -3.78. The van der Waals surface area contributed by atoms with Gasteiger partial charge in [0.15, 0.2) is 12.4 Å². The van der Waals surface area contributed by atoms with Gasteiger partial charge in [-0.15, -0.1) is 11.3 Å². The Kier molecular flexibility index (Phi) is 6.37. The maximum atomic E-state index is 12.6. The van der Waals surface area contributed by atoms with E-state index in [1.165, 1.54) is 23.8 Å². The van der Waals surface area contributed by atoms with Crippen LogP contribution in [-0.2, 0) is 16.1 Å². The van der Waals surface area contributed by atoms with Gasteiger partial charge in [-0.25, -0.2) is 4.79 Å². The molecule has 0 aliphatic carbocycles. The molecule has 0 spiro atoms. The molecule has 4 rings (SSSR count). The molecule has 2 aromatic carbocycles. The number of carbonyl (C=O) groups is 3. The fraction of sp³-hybridized carbons (Fsp3) is 0.200. The molecule has 8 heteroatoms. The van der Waals surface area contributed by atoms with Crippen LogP contribution in [0.5, 0.6) is 0 Å². The fourth-order valence-electron chi connectivity index (χ4n) is 3.42. The molecule has 0 aliphatic heterocycles. The molecule has 1 N–H and O–H groups in total. The van der Waals surface area contributed by atoms with E-state index in [4.69, 9.17) is 4.74 Å². The zero-order chi connectivity index (χ0) is 23.5. The number of hydrogen-bond donors (Lipinski definition) is 1. The van der Waals surface area contributed by atoms with Crippen LogP contribution in [-0.4, -0.2) is 34.0 Å². The zero-order valence-electron chi connectivity index (χ0n) is 18.5. The van der Waals surface area contributed by atoms with Crippen LogP contribution in [0.2, 0.25) is 0 Å². The van der Waals surface area contributed by atoms with Gasteiger partial charge >= 0.3 is 5.97 Å². The third-order valence-corrected chi connectivity index (χ3v) is 6.25. The van der Waals surface area contributed by atoms with Crippen LogP contribution < -0.4 is 5.32 Å². The van der Waals surface area contributed by atoms with Gasteiger partial charge in [0.25, 0.3) is 0 Å². The second kappa shape index (κ2) is 9.38. The van der Waals surface area contributed by atoms with E-state index >= 15 is 0 Å². The van der Waals surface area contributed by atoms with Crippen LogP contribution in [0, 0.1) is 13.8 Å². The lowest BCUT2D eigenvalue weighted by molar-refractivity contribution is -0.114. The number of Topliss-reactive ketones (excluding diaryl/α,β-unsaturated/α-hetero) is 1. The fourth-order valence-corrected chi connectivity index (χ4v) is 4.47. The Labute approximate surface area is 195 Å². The van der Waals surface area contributed by atoms with Gasteiger partial charge in [-0.2, -0.15) is 5.10 Å². The maximum absolute atomic E-state index is 12.6. The molecule has 168 valence electrons. The Bertz CT molecular complexity index is 1330. The normalized spacial score (nSPS) is 10.9. The summed E-state index contributed by atoms with van der Waals surface area (Å²) in [6.07, 6.45) is 0. The van der Waals surface area contributed by atoms with Crippen molar-refractivity contribution in [2.75, 3.05) is 11.9 Å². The second-order valence-corrected chi connectivity index (χ2v) is 8.85. The van der Waals surface area contributed by atoms with Crippen LogP contribution in [0.3, 0.4) is 0 Å². The van der Waals surface area contributed by atoms with E-state index in [9.17, 15) is 14.4 Å². The largest absolute Gasteiger partial charge is 0.453 e. The van der Waals surface area contributed by atoms with Crippen LogP contribution in [0.25, 0.3) is 10.2 Å². The molecule has 0 fully saturated rings. The Morgan fingerprint density at radius 1 is 1.03 bits per heavy atom. The molecule has 0 atom stereocenters. The van der Waals surface area contributed by atoms with Crippen molar-refractivity contribution in [2.24, 2.45) is 0 Å². The molecule has 33 heavy (non-hydrogen) atoms. The monoisotopic (exact) mass is 461 g/mol. The average molecular weight is 462 g/mol. The SMILES string of the molecule is CC(=O)Nc1ccc(C(=O)COC(=O)c2cc3c(C)nn(Cc4ccc(C)cc4)c3s2)cc1. The number of anilines is 1. The summed E-state index contributed by atoms with van der Waals surface area (Å²) in [7, 11) is 0. The van der Waals surface area contributed by atoms with E-state index in [0.717, 1.165) is 21.5 Å². The first-order valence-corrected chi connectivity index (χ1v) is 11.2. The topological polar surface area (TPSA) is 90.3 Å². The van der Waals surface area contributed by atoms with Crippen molar-refractivity contribution in [3.63, 3.8) is 0 Å². The minimum atomic E-state index is -0.541. The number of benzene rings is 2. The number of thiophene rings is 1. The third-order valence-electron chi connectivity index (χ3n) is 5.12. The zero-order valence-corrected chi connectivity index (χ0v) is 19.4. The smallest absolute Gasteiger partial charge is 0.348 e. The summed E-state index contributed by atoms with van der Waals surface area (Å²) in [6.45, 7) is 5.61. The first-order chi connectivity index (χ1) is 15.8. The molecule has 0 saturated carbocycles. The second-order valence-electron chi connectivity index (χ2n) is 7.82. The molecule has 4 aromatic rings. The number of nitrogens with zero attached hydrogens (tertiary/aromatic N) is 2. The average Bonchev–Trinajstić information content (AvgIpc) is 3.35. The summed E-state index contributed by atoms with van der Waals surface area (Å²) in [5.41, 5.74) is 4.15. The third kappa shape index (κ3) is 5.18. The number of nitrogens with one attached hydrogen (secondary N) is 1. The van der Waals surface area contributed by atoms with Gasteiger partial charge in [0.2, 0.25) is 5.91 Å². The van der Waals surface area contributed by atoms with Gasteiger partial charge in [0.05, 0.1) is 12.2 Å². The summed E-state index contributed by atoms with van der Waals surface area (Å²) in [4.78, 5) is 37.4. The predicted octanol–water partition coefficient (Wildman–Crippen LogP) is 4.76. The number of esters is 1. The van der Waals surface area contributed by atoms with E-state index in [-0.39, 0.29) is 18.3 Å². The Morgan fingerprint density at radius 2 is 1.73 bits per heavy atom. The van der Waals surface area contributed by atoms with Crippen molar-refractivity contribution in [1.29, 1.82) is 0 Å². The quantitative estimate of drug-likeness (QED) is 0.317. The molecular weight excluding hydrogens is 438 g/mol. The molecule has 0 bridgehead atoms. The Morgan fingerprint density at radius 3 is 2.39 bits per heavy atom. The summed E-state index contributed by atoms with van der Waals surface area (Å²) >= 11 is 1.30. The van der Waals surface area contributed by atoms with E-state index in [2.05, 4.69) is 34.7 Å². The summed E-state index contributed by atoms with van der Waals surface area (Å²) < 4.78 is 7.16. The summed E-state index contributed by atoms with van der Waals surface area (Å²) in [6, 6.07) is 16.5. The number of aryl methyl sites for hydroxylation is 2. The summed E-state index contributed by atoms with van der Waals surface area (Å²) in [5, 5.41) is 8.14. The highest BCUT2D eigenvalue weighted by Crippen LogP contribution is 2.29. The number of carbonyl (C=O) groups excluding carboxylic acids is 3. The molecule has 2 heterocycles. The van der Waals surface area contributed by atoms with Gasteiger partial charge in [-0.1, -0.05) is 29.8 Å². The lowest BCUT2D eigenvalue weighted by atomic mass is 10.1. The molecule has 0 radical (unpaired) electrons. The molecule has 7 nitrogen and oxygen atoms in total. The van der Waals surface area contributed by atoms with Crippen molar-refractivity contribution in [3.05, 3.63) is 81.9 Å². The van der Waals surface area contributed by atoms with Crippen LogP contribution in [0.1, 0.15) is 43.8 Å². The minimum absolute atomic E-state index is 0.191. The standard InChI is InChI=1S/C25H23N3O4S/c1-15-4-6-18(7-5-15)13-28-24-21(16(2)27-28)12-23(33-24)25(31)32-14-22(30)19-8-10-20(11-9-19)26-17(3)29/h4-12H,13-14H2,1-3H3,(H,26,29). The first-order valence-electron chi connectivity index (χ1n) is 10.4. The van der Waals surface area contributed by atoms with E-state index in [1.807, 2.05) is 18.5 Å². The predicted molar refractivity (Wildman–Crippen MR) is 128 cm³/mol. The van der Waals surface area contributed by atoms with Crippen LogP contribution in [0.15, 0.2) is 54.6 Å². The number of ether oxygens (including phenoxy) is 1. The van der Waals surface area contributed by atoms with Crippen molar-refractivity contribution in [3.8, 4) is 0 Å². The Balaban J connectivity index is 1.43. The van der Waals surface area contributed by atoms with Crippen molar-refractivity contribution >= 4 is 44.9 Å². The number of ketones is 1. The molecule has 2 aromatic heterocycles. The summed E-state index contributed by atoms with van der Waals surface area (Å²) in [5.74, 6) is -1.05. The van der Waals surface area contributed by atoms with Crippen molar-refractivity contribution in [2.45, 2.75) is 27.3 Å². The van der Waals surface area contributed by atoms with Crippen LogP contribution in [0.4, 0.5) is 5.69 Å². The van der Waals surface area contributed by atoms with E-state index in [0.29, 0.717) is 22.7 Å². The van der Waals surface area contributed by atoms with E-state index in [1.54, 1.807) is 30.3 Å². The van der Waals surface area contributed by atoms with Crippen molar-refractivity contribution < 1.29 is 19.1 Å². The molecule has 0 aliphatic rings. The maximum Gasteiger partial charge on any atom is 0.348 e. The van der Waals surface area contributed by atoms with Gasteiger partial charge in [-0.3, -0.25) is 14.3 Å². The number of amides is 1. The van der Waals surface area contributed by atoms with Crippen molar-refractivity contribution in [1.82, 2.24) is 9.78 Å². The molecule has 1 amide bonds. The van der Waals surface area contributed by atoms with Gasteiger partial charge in [0, 0.05) is 23.6 Å². The lowest BCUT2D eigenvalue weighted by Crippen LogP contribution is -2.13. The highest BCUT2D eigenvalue weighted by Gasteiger charge is 2.19. The highest BCUT2D eigenvalue weighted by atomic mass is 32.1. The number of aromatic nitrogens is 2. The van der Waals surface area contributed by atoms with Gasteiger partial charge < -0.3 is 10.1 Å². The molecule has 0 saturated heterocycles. The minimum Gasteiger partial charge on any atom is -0.453 e. The molecular formula is C25H23N3O4S. The first kappa shape index (κ1) is 22.4. The number of rotatable bonds is 7. The van der Waals surface area contributed by atoms with Gasteiger partial charge in [-0.05, 0) is 49.7 Å². The van der Waals surface area contributed by atoms with Gasteiger partial charge in [0.1, 0.15) is 9.71 Å². The van der Waals surface area contributed by atoms with Crippen LogP contribution >= 0.6 is 11.3 Å². The number of hydrogen-bond acceptors (Lipinski definition) is 6. The highest BCUT2D eigenvalue weighted by molar-refractivity contribution is 7.20. The number of fused-ring (bicyclic) bond motifs is 1. The van der Waals surface area contributed by atoms with E-state index < -0.39 is 5.97 Å². The molecule has 0 unspecified atom stereocenters.